The van der Waals surface area contributed by atoms with Gasteiger partial charge in [0, 0.05) is 50.4 Å². The van der Waals surface area contributed by atoms with E-state index in [1.807, 2.05) is 35.2 Å². The van der Waals surface area contributed by atoms with Gasteiger partial charge in [0.05, 0.1) is 5.92 Å². The van der Waals surface area contributed by atoms with E-state index in [9.17, 15) is 18.8 Å². The van der Waals surface area contributed by atoms with Crippen molar-refractivity contribution in [1.82, 2.24) is 15.1 Å². The van der Waals surface area contributed by atoms with Gasteiger partial charge in [-0.3, -0.25) is 14.5 Å². The number of carbonyl (C=O) groups excluding carboxylic acids is 3. The van der Waals surface area contributed by atoms with Crippen LogP contribution in [0.1, 0.15) is 24.8 Å². The number of piperazine rings is 1. The minimum absolute atomic E-state index is 0.107. The second-order valence-corrected chi connectivity index (χ2v) is 9.69. The van der Waals surface area contributed by atoms with Gasteiger partial charge in [0.2, 0.25) is 11.8 Å². The molecule has 1 N–H and O–H groups in total. The van der Waals surface area contributed by atoms with Crippen molar-refractivity contribution in [2.75, 3.05) is 37.6 Å². The summed E-state index contributed by atoms with van der Waals surface area (Å²) in [4.78, 5) is 44.5. The van der Waals surface area contributed by atoms with E-state index in [4.69, 9.17) is 0 Å². The summed E-state index contributed by atoms with van der Waals surface area (Å²) in [6, 6.07) is 15.6. The van der Waals surface area contributed by atoms with Gasteiger partial charge in [0.1, 0.15) is 5.82 Å². The zero-order valence-corrected chi connectivity index (χ0v) is 19.7. The summed E-state index contributed by atoms with van der Waals surface area (Å²) < 4.78 is 13.2. The second-order valence-electron chi connectivity index (χ2n) is 9.69. The number of rotatable bonds is 5. The average Bonchev–Trinajstić information content (AvgIpc) is 2.89. The Hall–Kier alpha value is -3.42. The monoisotopic (exact) mass is 478 g/mol. The topological polar surface area (TPSA) is 73.0 Å². The number of imide groups is 1. The summed E-state index contributed by atoms with van der Waals surface area (Å²) in [7, 11) is 0. The molecular weight excluding hydrogens is 447 g/mol. The van der Waals surface area contributed by atoms with Crippen molar-refractivity contribution in [2.24, 2.45) is 11.8 Å². The van der Waals surface area contributed by atoms with Gasteiger partial charge < -0.3 is 15.1 Å². The van der Waals surface area contributed by atoms with Crippen LogP contribution in [0.15, 0.2) is 54.6 Å². The zero-order chi connectivity index (χ0) is 24.4. The minimum atomic E-state index is -0.354. The molecule has 7 nitrogen and oxygen atoms in total. The predicted molar refractivity (Wildman–Crippen MR) is 130 cm³/mol. The van der Waals surface area contributed by atoms with Crippen molar-refractivity contribution in [3.8, 4) is 0 Å². The van der Waals surface area contributed by atoms with E-state index in [0.29, 0.717) is 58.4 Å². The SMILES string of the molecule is O=C(C1CCC2C(=O)N(CCc3ccccc3)C(=O)NC2C1)N1CCN(c2ccc(F)cc2)CC1. The number of nitrogens with zero attached hydrogens (tertiary/aromatic N) is 3. The standard InChI is InChI=1S/C27H31FN4O3/c28-21-7-9-22(10-8-21)30-14-16-31(17-15-30)25(33)20-6-11-23-24(18-20)29-27(35)32(26(23)34)13-12-19-4-2-1-3-5-19/h1-5,7-10,20,23-24H,6,11-18H2,(H,29,35). The molecule has 3 unspecified atom stereocenters. The maximum absolute atomic E-state index is 13.3. The lowest BCUT2D eigenvalue weighted by atomic mass is 9.76. The summed E-state index contributed by atoms with van der Waals surface area (Å²) in [5, 5.41) is 3.01. The highest BCUT2D eigenvalue weighted by Gasteiger charge is 2.45. The number of amides is 4. The van der Waals surface area contributed by atoms with E-state index in [0.717, 1.165) is 11.3 Å². The van der Waals surface area contributed by atoms with Gasteiger partial charge in [-0.2, -0.15) is 0 Å². The molecule has 0 radical (unpaired) electrons. The van der Waals surface area contributed by atoms with Crippen molar-refractivity contribution in [3.63, 3.8) is 0 Å². The smallest absolute Gasteiger partial charge is 0.324 e. The third kappa shape index (κ3) is 5.01. The van der Waals surface area contributed by atoms with Gasteiger partial charge in [0.25, 0.3) is 0 Å². The van der Waals surface area contributed by atoms with Crippen LogP contribution in [0.25, 0.3) is 0 Å². The van der Waals surface area contributed by atoms with Crippen molar-refractivity contribution < 1.29 is 18.8 Å². The molecular formula is C27H31FN4O3. The fourth-order valence-electron chi connectivity index (χ4n) is 5.58. The van der Waals surface area contributed by atoms with Gasteiger partial charge in [-0.25, -0.2) is 9.18 Å². The molecule has 2 aliphatic heterocycles. The van der Waals surface area contributed by atoms with Gasteiger partial charge >= 0.3 is 6.03 Å². The van der Waals surface area contributed by atoms with Gasteiger partial charge in [-0.1, -0.05) is 30.3 Å². The molecule has 2 aromatic carbocycles. The van der Waals surface area contributed by atoms with Crippen molar-refractivity contribution >= 4 is 23.5 Å². The molecule has 1 aliphatic carbocycles. The molecule has 2 saturated heterocycles. The minimum Gasteiger partial charge on any atom is -0.368 e. The second kappa shape index (κ2) is 10.1. The summed E-state index contributed by atoms with van der Waals surface area (Å²) in [6.07, 6.45) is 2.40. The highest BCUT2D eigenvalue weighted by molar-refractivity contribution is 5.99. The Balaban J connectivity index is 1.14. The van der Waals surface area contributed by atoms with Crippen LogP contribution in [-0.2, 0) is 16.0 Å². The third-order valence-corrected chi connectivity index (χ3v) is 7.59. The van der Waals surface area contributed by atoms with E-state index in [2.05, 4.69) is 10.2 Å². The lowest BCUT2D eigenvalue weighted by molar-refractivity contribution is -0.142. The van der Waals surface area contributed by atoms with E-state index in [-0.39, 0.29) is 41.5 Å². The fraction of sp³-hybridized carbons (Fsp3) is 0.444. The lowest BCUT2D eigenvalue weighted by Crippen LogP contribution is -2.62. The molecule has 0 aromatic heterocycles. The van der Waals surface area contributed by atoms with Crippen LogP contribution in [0, 0.1) is 17.7 Å². The maximum atomic E-state index is 13.3. The first kappa shape index (κ1) is 23.3. The van der Waals surface area contributed by atoms with Crippen molar-refractivity contribution in [1.29, 1.82) is 0 Å². The number of nitrogens with one attached hydrogen (secondary N) is 1. The number of carbonyl (C=O) groups is 3. The number of anilines is 1. The van der Waals surface area contributed by atoms with Crippen LogP contribution < -0.4 is 10.2 Å². The first-order chi connectivity index (χ1) is 17.0. The molecule has 1 saturated carbocycles. The Kier molecular flexibility index (Phi) is 6.70. The van der Waals surface area contributed by atoms with Crippen LogP contribution >= 0.6 is 0 Å². The Labute approximate surface area is 204 Å². The van der Waals surface area contributed by atoms with Crippen LogP contribution in [-0.4, -0.2) is 66.4 Å². The predicted octanol–water partition coefficient (Wildman–Crippen LogP) is 3.05. The van der Waals surface area contributed by atoms with Crippen LogP contribution in [0.3, 0.4) is 0 Å². The summed E-state index contributed by atoms with van der Waals surface area (Å²) in [5.41, 5.74) is 2.04. The Morgan fingerprint density at radius 2 is 1.66 bits per heavy atom. The maximum Gasteiger partial charge on any atom is 0.324 e. The van der Waals surface area contributed by atoms with E-state index < -0.39 is 0 Å². The molecule has 4 amide bonds. The van der Waals surface area contributed by atoms with Crippen molar-refractivity contribution in [2.45, 2.75) is 31.7 Å². The largest absolute Gasteiger partial charge is 0.368 e. The molecule has 3 atom stereocenters. The van der Waals surface area contributed by atoms with E-state index in [1.165, 1.54) is 17.0 Å². The zero-order valence-electron chi connectivity index (χ0n) is 19.7. The summed E-state index contributed by atoms with van der Waals surface area (Å²) >= 11 is 0. The number of hydrogen-bond acceptors (Lipinski definition) is 4. The molecule has 5 rings (SSSR count). The highest BCUT2D eigenvalue weighted by atomic mass is 19.1. The Morgan fingerprint density at radius 3 is 2.37 bits per heavy atom. The van der Waals surface area contributed by atoms with Crippen molar-refractivity contribution in [3.05, 3.63) is 66.0 Å². The highest BCUT2D eigenvalue weighted by Crippen LogP contribution is 2.34. The molecule has 35 heavy (non-hydrogen) atoms. The quantitative estimate of drug-likeness (QED) is 0.717. The fourth-order valence-corrected chi connectivity index (χ4v) is 5.58. The lowest BCUT2D eigenvalue weighted by Gasteiger charge is -2.43. The molecule has 0 bridgehead atoms. The molecule has 0 spiro atoms. The van der Waals surface area contributed by atoms with Crippen LogP contribution in [0.5, 0.6) is 0 Å². The molecule has 2 aromatic rings. The number of urea groups is 1. The van der Waals surface area contributed by atoms with E-state index in [1.54, 1.807) is 12.1 Å². The Morgan fingerprint density at radius 1 is 0.943 bits per heavy atom. The van der Waals surface area contributed by atoms with Gasteiger partial charge in [0.15, 0.2) is 0 Å². The van der Waals surface area contributed by atoms with Gasteiger partial charge in [-0.15, -0.1) is 0 Å². The molecule has 3 aliphatic rings. The number of hydrogen-bond donors (Lipinski definition) is 1. The van der Waals surface area contributed by atoms with Gasteiger partial charge in [-0.05, 0) is 55.5 Å². The van der Waals surface area contributed by atoms with Crippen LogP contribution in [0.4, 0.5) is 14.9 Å². The van der Waals surface area contributed by atoms with E-state index >= 15 is 0 Å². The first-order valence-corrected chi connectivity index (χ1v) is 12.4. The summed E-state index contributed by atoms with van der Waals surface area (Å²) in [6.45, 7) is 2.97. The molecule has 184 valence electrons. The third-order valence-electron chi connectivity index (χ3n) is 7.59. The number of halogens is 1. The molecule has 8 heteroatoms. The first-order valence-electron chi connectivity index (χ1n) is 12.4. The molecule has 2 heterocycles. The summed E-state index contributed by atoms with van der Waals surface area (Å²) in [5.74, 6) is -0.713. The number of benzene rings is 2. The Bertz CT molecular complexity index is 1070. The van der Waals surface area contributed by atoms with Crippen LogP contribution in [0.2, 0.25) is 0 Å². The average molecular weight is 479 g/mol. The normalized spacial score (nSPS) is 24.7. The number of fused-ring (bicyclic) bond motifs is 1. The molecule has 3 fully saturated rings.